The van der Waals surface area contributed by atoms with Crippen LogP contribution in [0, 0.1) is 0 Å². The smallest absolute Gasteiger partial charge is 0.343 e. The van der Waals surface area contributed by atoms with E-state index in [1.54, 1.807) is 24.3 Å². The van der Waals surface area contributed by atoms with Crippen molar-refractivity contribution in [1.82, 2.24) is 0 Å². The predicted octanol–water partition coefficient (Wildman–Crippen LogP) is 2.47. The molecule has 0 aliphatic carbocycles. The zero-order valence-electron chi connectivity index (χ0n) is 11.4. The lowest BCUT2D eigenvalue weighted by atomic mass is 9.95. The van der Waals surface area contributed by atoms with Crippen molar-refractivity contribution in [3.05, 3.63) is 71.8 Å². The fourth-order valence-electron chi connectivity index (χ4n) is 2.00. The molecule has 1 N–H and O–H groups in total. The molecule has 2 aromatic carbocycles. The van der Waals surface area contributed by atoms with Crippen LogP contribution in [-0.2, 0) is 27.4 Å². The minimum atomic E-state index is -1.86. The standard InChI is InChI=1S/C17H16O4/c18-13-17(16(19)20,11-14-7-3-1-4-8-14)21-12-15-9-5-2-6-10-15/h1-10,13H,11-12H2,(H,19,20). The van der Waals surface area contributed by atoms with E-state index in [4.69, 9.17) is 4.74 Å². The van der Waals surface area contributed by atoms with Gasteiger partial charge in [0.1, 0.15) is 0 Å². The molecule has 0 saturated carbocycles. The van der Waals surface area contributed by atoms with Crippen LogP contribution in [0.15, 0.2) is 60.7 Å². The van der Waals surface area contributed by atoms with Crippen LogP contribution in [-0.4, -0.2) is 23.0 Å². The van der Waals surface area contributed by atoms with Crippen molar-refractivity contribution in [2.24, 2.45) is 0 Å². The van der Waals surface area contributed by atoms with Gasteiger partial charge in [0.2, 0.25) is 5.60 Å². The molecule has 21 heavy (non-hydrogen) atoms. The summed E-state index contributed by atoms with van der Waals surface area (Å²) in [5.41, 5.74) is -0.310. The van der Waals surface area contributed by atoms with Crippen molar-refractivity contribution in [1.29, 1.82) is 0 Å². The monoisotopic (exact) mass is 284 g/mol. The van der Waals surface area contributed by atoms with Crippen molar-refractivity contribution in [2.45, 2.75) is 18.6 Å². The Kier molecular flexibility index (Phi) is 4.85. The third-order valence-corrected chi connectivity index (χ3v) is 3.20. The number of carbonyl (C=O) groups is 2. The first-order valence-corrected chi connectivity index (χ1v) is 6.58. The molecule has 4 nitrogen and oxygen atoms in total. The van der Waals surface area contributed by atoms with Crippen LogP contribution < -0.4 is 0 Å². The molecule has 2 rings (SSSR count). The van der Waals surface area contributed by atoms with Gasteiger partial charge >= 0.3 is 5.97 Å². The van der Waals surface area contributed by atoms with Crippen molar-refractivity contribution in [2.75, 3.05) is 0 Å². The Morgan fingerprint density at radius 1 is 1.00 bits per heavy atom. The molecule has 0 saturated heterocycles. The average Bonchev–Trinajstić information content (AvgIpc) is 2.53. The molecule has 4 heteroatoms. The summed E-state index contributed by atoms with van der Waals surface area (Å²) in [5, 5.41) is 9.41. The highest BCUT2D eigenvalue weighted by Gasteiger charge is 2.40. The molecule has 0 aliphatic heterocycles. The first-order valence-electron chi connectivity index (χ1n) is 6.58. The summed E-state index contributed by atoms with van der Waals surface area (Å²) >= 11 is 0. The van der Waals surface area contributed by atoms with E-state index in [0.717, 1.165) is 11.1 Å². The number of carboxylic acids is 1. The molecule has 0 radical (unpaired) electrons. The summed E-state index contributed by atoms with van der Waals surface area (Å²) in [6.45, 7) is 0.0682. The predicted molar refractivity (Wildman–Crippen MR) is 77.8 cm³/mol. The quantitative estimate of drug-likeness (QED) is 0.626. The highest BCUT2D eigenvalue weighted by molar-refractivity contribution is 5.96. The van der Waals surface area contributed by atoms with E-state index in [2.05, 4.69) is 0 Å². The summed E-state index contributed by atoms with van der Waals surface area (Å²) in [6, 6.07) is 18.1. The van der Waals surface area contributed by atoms with E-state index in [0.29, 0.717) is 6.29 Å². The third kappa shape index (κ3) is 3.77. The topological polar surface area (TPSA) is 63.6 Å². The van der Waals surface area contributed by atoms with E-state index < -0.39 is 11.6 Å². The zero-order chi connectivity index (χ0) is 15.1. The Labute approximate surface area is 123 Å². The first kappa shape index (κ1) is 14.9. The number of carbonyl (C=O) groups excluding carboxylic acids is 1. The molecule has 1 unspecified atom stereocenters. The van der Waals surface area contributed by atoms with Crippen molar-refractivity contribution >= 4 is 12.3 Å². The maximum atomic E-state index is 11.5. The summed E-state index contributed by atoms with van der Waals surface area (Å²) in [7, 11) is 0. The van der Waals surface area contributed by atoms with Crippen LogP contribution in [0.25, 0.3) is 0 Å². The Bertz CT molecular complexity index is 595. The van der Waals surface area contributed by atoms with Gasteiger partial charge in [-0.05, 0) is 11.1 Å². The maximum Gasteiger partial charge on any atom is 0.343 e. The largest absolute Gasteiger partial charge is 0.479 e. The van der Waals surface area contributed by atoms with E-state index in [-0.39, 0.29) is 13.0 Å². The van der Waals surface area contributed by atoms with E-state index in [1.165, 1.54) is 0 Å². The van der Waals surface area contributed by atoms with Crippen molar-refractivity contribution in [3.8, 4) is 0 Å². The zero-order valence-corrected chi connectivity index (χ0v) is 11.4. The molecule has 0 heterocycles. The lowest BCUT2D eigenvalue weighted by Gasteiger charge is -2.24. The lowest BCUT2D eigenvalue weighted by Crippen LogP contribution is -2.45. The maximum absolute atomic E-state index is 11.5. The minimum absolute atomic E-state index is 0.000489. The van der Waals surface area contributed by atoms with Crippen molar-refractivity contribution < 1.29 is 19.4 Å². The van der Waals surface area contributed by atoms with Gasteiger partial charge in [-0.1, -0.05) is 60.7 Å². The summed E-state index contributed by atoms with van der Waals surface area (Å²) in [6.07, 6.45) is 0.366. The first-order chi connectivity index (χ1) is 10.2. The number of hydrogen-bond donors (Lipinski definition) is 1. The molecule has 1 atom stereocenters. The second-order valence-corrected chi connectivity index (χ2v) is 4.75. The third-order valence-electron chi connectivity index (χ3n) is 3.20. The van der Waals surface area contributed by atoms with Gasteiger partial charge in [-0.2, -0.15) is 0 Å². The van der Waals surface area contributed by atoms with Crippen LogP contribution in [0.5, 0.6) is 0 Å². The number of carboxylic acid groups (broad SMARTS) is 1. The van der Waals surface area contributed by atoms with Gasteiger partial charge in [0.05, 0.1) is 6.61 Å². The molecule has 108 valence electrons. The van der Waals surface area contributed by atoms with Gasteiger partial charge in [-0.15, -0.1) is 0 Å². The summed E-state index contributed by atoms with van der Waals surface area (Å²) in [4.78, 5) is 22.9. The Balaban J connectivity index is 2.17. The Morgan fingerprint density at radius 2 is 1.52 bits per heavy atom. The van der Waals surface area contributed by atoms with E-state index in [9.17, 15) is 14.7 Å². The van der Waals surface area contributed by atoms with Crippen LogP contribution in [0.3, 0.4) is 0 Å². The van der Waals surface area contributed by atoms with E-state index >= 15 is 0 Å². The lowest BCUT2D eigenvalue weighted by molar-refractivity contribution is -0.169. The van der Waals surface area contributed by atoms with E-state index in [1.807, 2.05) is 36.4 Å². The second kappa shape index (κ2) is 6.81. The average molecular weight is 284 g/mol. The van der Waals surface area contributed by atoms with Gasteiger partial charge in [-0.3, -0.25) is 4.79 Å². The molecule has 0 aliphatic rings. The highest BCUT2D eigenvalue weighted by atomic mass is 16.5. The van der Waals surface area contributed by atoms with Gasteiger partial charge in [0, 0.05) is 6.42 Å². The van der Waals surface area contributed by atoms with Gasteiger partial charge in [0.15, 0.2) is 6.29 Å². The van der Waals surface area contributed by atoms with Gasteiger partial charge in [0.25, 0.3) is 0 Å². The highest BCUT2D eigenvalue weighted by Crippen LogP contribution is 2.19. The van der Waals surface area contributed by atoms with Crippen LogP contribution in [0.4, 0.5) is 0 Å². The number of hydrogen-bond acceptors (Lipinski definition) is 3. The molecule has 0 amide bonds. The van der Waals surface area contributed by atoms with Crippen LogP contribution in [0.2, 0.25) is 0 Å². The normalized spacial score (nSPS) is 13.3. The number of aliphatic carboxylic acids is 1. The number of benzene rings is 2. The van der Waals surface area contributed by atoms with Gasteiger partial charge in [-0.25, -0.2) is 4.79 Å². The fourth-order valence-corrected chi connectivity index (χ4v) is 2.00. The molecule has 0 spiro atoms. The SMILES string of the molecule is O=CC(Cc1ccccc1)(OCc1ccccc1)C(=O)O. The fraction of sp³-hybridized carbons (Fsp3) is 0.176. The number of aldehydes is 1. The molecule has 0 bridgehead atoms. The Hall–Kier alpha value is -2.46. The number of ether oxygens (including phenoxy) is 1. The summed E-state index contributed by atoms with van der Waals surface area (Å²) in [5.74, 6) is -1.28. The van der Waals surface area contributed by atoms with Crippen LogP contribution in [0.1, 0.15) is 11.1 Å². The van der Waals surface area contributed by atoms with Gasteiger partial charge < -0.3 is 9.84 Å². The molecule has 0 aromatic heterocycles. The Morgan fingerprint density at radius 3 is 2.00 bits per heavy atom. The number of rotatable bonds is 7. The minimum Gasteiger partial charge on any atom is -0.479 e. The van der Waals surface area contributed by atoms with Crippen molar-refractivity contribution in [3.63, 3.8) is 0 Å². The van der Waals surface area contributed by atoms with Crippen LogP contribution >= 0.6 is 0 Å². The molecule has 0 fully saturated rings. The molecular weight excluding hydrogens is 268 g/mol. The molecule has 2 aromatic rings. The molecular formula is C17H16O4. The summed E-state index contributed by atoms with van der Waals surface area (Å²) < 4.78 is 5.46. The second-order valence-electron chi connectivity index (χ2n) is 4.75.